The summed E-state index contributed by atoms with van der Waals surface area (Å²) < 4.78 is 1.98. The minimum absolute atomic E-state index is 0.151. The van der Waals surface area contributed by atoms with Gasteiger partial charge in [0.15, 0.2) is 0 Å². The zero-order valence-corrected chi connectivity index (χ0v) is 8.53. The lowest BCUT2D eigenvalue weighted by Gasteiger charge is -2.30. The number of carbonyl (C=O) groups is 1. The average Bonchev–Trinajstić information content (AvgIpc) is 2.57. The van der Waals surface area contributed by atoms with Crippen LogP contribution >= 0.6 is 0 Å². The second kappa shape index (κ2) is 3.46. The molecule has 1 saturated heterocycles. The number of aromatic nitrogens is 1. The molecule has 0 aliphatic carbocycles. The SMILES string of the molecule is CN1CCNC(c2cccn2C)C1=O. The third-order valence-corrected chi connectivity index (χ3v) is 2.70. The van der Waals surface area contributed by atoms with Gasteiger partial charge < -0.3 is 9.47 Å². The Kier molecular flexibility index (Phi) is 2.29. The van der Waals surface area contributed by atoms with E-state index in [1.807, 2.05) is 37.0 Å². The third kappa shape index (κ3) is 1.42. The Morgan fingerprint density at radius 1 is 1.50 bits per heavy atom. The minimum atomic E-state index is -0.172. The molecule has 14 heavy (non-hydrogen) atoms. The number of amides is 1. The molecule has 76 valence electrons. The summed E-state index contributed by atoms with van der Waals surface area (Å²) in [6.07, 6.45) is 1.96. The topological polar surface area (TPSA) is 37.3 Å². The molecule has 4 nitrogen and oxygen atoms in total. The minimum Gasteiger partial charge on any atom is -0.353 e. The van der Waals surface area contributed by atoms with Gasteiger partial charge in [-0.2, -0.15) is 0 Å². The van der Waals surface area contributed by atoms with Gasteiger partial charge in [0.05, 0.1) is 0 Å². The summed E-state index contributed by atoms with van der Waals surface area (Å²) in [5.74, 6) is 0.151. The van der Waals surface area contributed by atoms with E-state index in [0.717, 1.165) is 18.8 Å². The normalized spacial score (nSPS) is 22.9. The first kappa shape index (κ1) is 9.27. The van der Waals surface area contributed by atoms with Crippen LogP contribution in [0.3, 0.4) is 0 Å². The maximum Gasteiger partial charge on any atom is 0.245 e. The number of likely N-dealkylation sites (N-methyl/N-ethyl adjacent to an activating group) is 1. The molecule has 2 rings (SSSR count). The number of nitrogens with one attached hydrogen (secondary N) is 1. The largest absolute Gasteiger partial charge is 0.353 e. The van der Waals surface area contributed by atoms with Crippen molar-refractivity contribution in [2.75, 3.05) is 20.1 Å². The van der Waals surface area contributed by atoms with Gasteiger partial charge in [-0.15, -0.1) is 0 Å². The van der Waals surface area contributed by atoms with Gasteiger partial charge in [0.25, 0.3) is 0 Å². The van der Waals surface area contributed by atoms with Gasteiger partial charge in [-0.05, 0) is 12.1 Å². The van der Waals surface area contributed by atoms with Crippen LogP contribution in [0, 0.1) is 0 Å². The number of aryl methyl sites for hydroxylation is 1. The standard InChI is InChI=1S/C10H15N3O/c1-12-6-3-4-8(12)9-10(14)13(2)7-5-11-9/h3-4,6,9,11H,5,7H2,1-2H3. The third-order valence-electron chi connectivity index (χ3n) is 2.70. The van der Waals surface area contributed by atoms with E-state index in [-0.39, 0.29) is 11.9 Å². The number of nitrogens with zero attached hydrogens (tertiary/aromatic N) is 2. The lowest BCUT2D eigenvalue weighted by molar-refractivity contribution is -0.134. The molecule has 1 N–H and O–H groups in total. The number of carbonyl (C=O) groups excluding carboxylic acids is 1. The Balaban J connectivity index is 2.26. The van der Waals surface area contributed by atoms with Crippen molar-refractivity contribution >= 4 is 5.91 Å². The average molecular weight is 193 g/mol. The van der Waals surface area contributed by atoms with Crippen LogP contribution in [0.25, 0.3) is 0 Å². The summed E-state index contributed by atoms with van der Waals surface area (Å²) in [7, 11) is 3.80. The number of piperazine rings is 1. The van der Waals surface area contributed by atoms with Crippen molar-refractivity contribution in [3.63, 3.8) is 0 Å². The molecule has 1 amide bonds. The van der Waals surface area contributed by atoms with Crippen LogP contribution < -0.4 is 5.32 Å². The van der Waals surface area contributed by atoms with Crippen LogP contribution in [0.2, 0.25) is 0 Å². The molecule has 0 spiro atoms. The van der Waals surface area contributed by atoms with Crippen LogP contribution in [0.5, 0.6) is 0 Å². The monoisotopic (exact) mass is 193 g/mol. The zero-order chi connectivity index (χ0) is 10.1. The fraction of sp³-hybridized carbons (Fsp3) is 0.500. The summed E-state index contributed by atoms with van der Waals surface area (Å²) in [6, 6.07) is 3.77. The molecule has 0 aromatic carbocycles. The number of hydrogen-bond donors (Lipinski definition) is 1. The molecule has 1 fully saturated rings. The summed E-state index contributed by atoms with van der Waals surface area (Å²) in [5, 5.41) is 3.23. The lowest BCUT2D eigenvalue weighted by Crippen LogP contribution is -2.48. The van der Waals surface area contributed by atoms with E-state index >= 15 is 0 Å². The van der Waals surface area contributed by atoms with Crippen LogP contribution in [0.1, 0.15) is 11.7 Å². The van der Waals surface area contributed by atoms with Gasteiger partial charge in [0.1, 0.15) is 6.04 Å². The summed E-state index contributed by atoms with van der Waals surface area (Å²) in [4.78, 5) is 13.6. The second-order valence-electron chi connectivity index (χ2n) is 3.69. The molecule has 1 aliphatic rings. The van der Waals surface area contributed by atoms with E-state index in [1.54, 1.807) is 4.90 Å². The molecule has 1 aromatic heterocycles. The molecule has 0 radical (unpaired) electrons. The number of rotatable bonds is 1. The van der Waals surface area contributed by atoms with Crippen molar-refractivity contribution in [2.24, 2.45) is 7.05 Å². The maximum atomic E-state index is 11.8. The van der Waals surface area contributed by atoms with Crippen molar-refractivity contribution in [1.82, 2.24) is 14.8 Å². The Morgan fingerprint density at radius 3 is 2.93 bits per heavy atom. The van der Waals surface area contributed by atoms with E-state index < -0.39 is 0 Å². The fourth-order valence-corrected chi connectivity index (χ4v) is 1.80. The fourth-order valence-electron chi connectivity index (χ4n) is 1.80. The highest BCUT2D eigenvalue weighted by Gasteiger charge is 2.28. The molecule has 2 heterocycles. The van der Waals surface area contributed by atoms with E-state index in [1.165, 1.54) is 0 Å². The van der Waals surface area contributed by atoms with Crippen LogP contribution in [0.4, 0.5) is 0 Å². The van der Waals surface area contributed by atoms with Crippen molar-refractivity contribution < 1.29 is 4.79 Å². The van der Waals surface area contributed by atoms with Crippen LogP contribution in [-0.4, -0.2) is 35.5 Å². The second-order valence-corrected chi connectivity index (χ2v) is 3.69. The van der Waals surface area contributed by atoms with E-state index in [0.29, 0.717) is 0 Å². The van der Waals surface area contributed by atoms with Gasteiger partial charge in [0.2, 0.25) is 5.91 Å². The summed E-state index contributed by atoms with van der Waals surface area (Å²) in [6.45, 7) is 1.65. The molecular formula is C10H15N3O. The van der Waals surface area contributed by atoms with E-state index in [4.69, 9.17) is 0 Å². The van der Waals surface area contributed by atoms with Crippen molar-refractivity contribution in [3.8, 4) is 0 Å². The predicted molar refractivity (Wildman–Crippen MR) is 53.8 cm³/mol. The van der Waals surface area contributed by atoms with Crippen molar-refractivity contribution in [1.29, 1.82) is 0 Å². The first-order chi connectivity index (χ1) is 6.70. The smallest absolute Gasteiger partial charge is 0.245 e. The first-order valence-corrected chi connectivity index (χ1v) is 4.80. The van der Waals surface area contributed by atoms with Gasteiger partial charge in [0, 0.05) is 39.1 Å². The van der Waals surface area contributed by atoms with E-state index in [2.05, 4.69) is 5.32 Å². The first-order valence-electron chi connectivity index (χ1n) is 4.80. The lowest BCUT2D eigenvalue weighted by atomic mass is 10.1. The Morgan fingerprint density at radius 2 is 2.29 bits per heavy atom. The predicted octanol–water partition coefficient (Wildman–Crippen LogP) is 0.128. The highest BCUT2D eigenvalue weighted by atomic mass is 16.2. The summed E-state index contributed by atoms with van der Waals surface area (Å²) in [5.41, 5.74) is 1.03. The van der Waals surface area contributed by atoms with E-state index in [9.17, 15) is 4.79 Å². The van der Waals surface area contributed by atoms with Crippen molar-refractivity contribution in [2.45, 2.75) is 6.04 Å². The molecule has 1 aromatic rings. The van der Waals surface area contributed by atoms with Crippen LogP contribution in [0.15, 0.2) is 18.3 Å². The highest BCUT2D eigenvalue weighted by molar-refractivity contribution is 5.83. The van der Waals surface area contributed by atoms with Gasteiger partial charge >= 0.3 is 0 Å². The molecular weight excluding hydrogens is 178 g/mol. The van der Waals surface area contributed by atoms with Gasteiger partial charge in [-0.25, -0.2) is 0 Å². The quantitative estimate of drug-likeness (QED) is 0.688. The molecule has 0 saturated carbocycles. The Labute approximate surface area is 83.5 Å². The molecule has 1 unspecified atom stereocenters. The Hall–Kier alpha value is -1.29. The Bertz CT molecular complexity index is 345. The maximum absolute atomic E-state index is 11.8. The van der Waals surface area contributed by atoms with Gasteiger partial charge in [-0.3, -0.25) is 10.1 Å². The molecule has 1 atom stereocenters. The number of hydrogen-bond acceptors (Lipinski definition) is 2. The zero-order valence-electron chi connectivity index (χ0n) is 8.53. The molecule has 0 bridgehead atoms. The highest BCUT2D eigenvalue weighted by Crippen LogP contribution is 2.17. The molecule has 1 aliphatic heterocycles. The summed E-state index contributed by atoms with van der Waals surface area (Å²) >= 11 is 0. The van der Waals surface area contributed by atoms with Crippen molar-refractivity contribution in [3.05, 3.63) is 24.0 Å². The van der Waals surface area contributed by atoms with Crippen LogP contribution in [-0.2, 0) is 11.8 Å². The molecule has 4 heteroatoms. The van der Waals surface area contributed by atoms with Gasteiger partial charge in [-0.1, -0.05) is 0 Å².